The predicted molar refractivity (Wildman–Crippen MR) is 67.4 cm³/mol. The van der Waals surface area contributed by atoms with E-state index in [1.165, 1.54) is 0 Å². The van der Waals surface area contributed by atoms with Gasteiger partial charge in [-0.1, -0.05) is 44.2 Å². The van der Waals surface area contributed by atoms with Gasteiger partial charge in [-0.15, -0.1) is 0 Å². The van der Waals surface area contributed by atoms with Crippen LogP contribution in [0.5, 0.6) is 0 Å². The summed E-state index contributed by atoms with van der Waals surface area (Å²) in [5, 5.41) is 3.11. The summed E-state index contributed by atoms with van der Waals surface area (Å²) in [4.78, 5) is 0. The normalized spacial score (nSPS) is 13.9. The molecule has 0 saturated heterocycles. The van der Waals surface area contributed by atoms with Crippen LogP contribution in [0.3, 0.4) is 0 Å². The summed E-state index contributed by atoms with van der Waals surface area (Å²) in [7, 11) is 0. The van der Waals surface area contributed by atoms with Gasteiger partial charge in [0.2, 0.25) is 0 Å². The van der Waals surface area contributed by atoms with Crippen LogP contribution in [0.4, 0.5) is 13.2 Å². The Bertz CT molecular complexity index is 331. The topological polar surface area (TPSA) is 12.0 Å². The first kappa shape index (κ1) is 15.0. The Morgan fingerprint density at radius 1 is 1.06 bits per heavy atom. The Kier molecular flexibility index (Phi) is 5.66. The molecular weight excluding hydrogens is 239 g/mol. The molecule has 1 N–H and O–H groups in total. The highest BCUT2D eigenvalue weighted by molar-refractivity contribution is 5.19. The molecule has 102 valence electrons. The van der Waals surface area contributed by atoms with Crippen molar-refractivity contribution in [2.45, 2.75) is 51.4 Å². The standard InChI is InChI=1S/C14H20F3N/c1-3-12(4-2)18-13(10-14(15,16)17)11-8-6-5-7-9-11/h5-9,12-13,18H,3-4,10H2,1-2H3. The molecule has 0 fully saturated rings. The van der Waals surface area contributed by atoms with Gasteiger partial charge in [-0.2, -0.15) is 13.2 Å². The van der Waals surface area contributed by atoms with Crippen molar-refractivity contribution in [3.63, 3.8) is 0 Å². The lowest BCUT2D eigenvalue weighted by molar-refractivity contribution is -0.141. The zero-order chi connectivity index (χ0) is 13.6. The van der Waals surface area contributed by atoms with Crippen molar-refractivity contribution in [2.24, 2.45) is 0 Å². The number of benzene rings is 1. The van der Waals surface area contributed by atoms with Gasteiger partial charge in [0.1, 0.15) is 0 Å². The van der Waals surface area contributed by atoms with Crippen molar-refractivity contribution in [3.05, 3.63) is 35.9 Å². The Labute approximate surface area is 106 Å². The Morgan fingerprint density at radius 3 is 2.06 bits per heavy atom. The predicted octanol–water partition coefficient (Wildman–Crippen LogP) is 4.46. The SMILES string of the molecule is CCC(CC)NC(CC(F)(F)F)c1ccccc1. The monoisotopic (exact) mass is 259 g/mol. The highest BCUT2D eigenvalue weighted by Gasteiger charge is 2.33. The van der Waals surface area contributed by atoms with Crippen molar-refractivity contribution in [3.8, 4) is 0 Å². The third-order valence-electron chi connectivity index (χ3n) is 3.06. The van der Waals surface area contributed by atoms with Crippen molar-refractivity contribution < 1.29 is 13.2 Å². The van der Waals surface area contributed by atoms with Crippen LogP contribution >= 0.6 is 0 Å². The van der Waals surface area contributed by atoms with Gasteiger partial charge in [-0.3, -0.25) is 0 Å². The molecule has 0 saturated carbocycles. The Morgan fingerprint density at radius 2 is 1.61 bits per heavy atom. The maximum absolute atomic E-state index is 12.6. The lowest BCUT2D eigenvalue weighted by atomic mass is 10.0. The first-order valence-electron chi connectivity index (χ1n) is 6.34. The van der Waals surface area contributed by atoms with E-state index in [2.05, 4.69) is 5.32 Å². The number of halogens is 3. The van der Waals surface area contributed by atoms with Crippen LogP contribution in [0.1, 0.15) is 44.7 Å². The zero-order valence-electron chi connectivity index (χ0n) is 10.8. The van der Waals surface area contributed by atoms with E-state index in [-0.39, 0.29) is 6.04 Å². The quantitative estimate of drug-likeness (QED) is 0.795. The summed E-state index contributed by atoms with van der Waals surface area (Å²) in [6, 6.07) is 8.30. The van der Waals surface area contributed by atoms with Gasteiger partial charge in [0, 0.05) is 12.1 Å². The fraction of sp³-hybridized carbons (Fsp3) is 0.571. The average molecular weight is 259 g/mol. The fourth-order valence-corrected chi connectivity index (χ4v) is 2.00. The van der Waals surface area contributed by atoms with E-state index >= 15 is 0 Å². The molecule has 0 aromatic heterocycles. The van der Waals surface area contributed by atoms with Crippen molar-refractivity contribution in [2.75, 3.05) is 0 Å². The second-order valence-corrected chi connectivity index (χ2v) is 4.46. The number of alkyl halides is 3. The largest absolute Gasteiger partial charge is 0.390 e. The second-order valence-electron chi connectivity index (χ2n) is 4.46. The highest BCUT2D eigenvalue weighted by Crippen LogP contribution is 2.30. The fourth-order valence-electron chi connectivity index (χ4n) is 2.00. The lowest BCUT2D eigenvalue weighted by Crippen LogP contribution is -2.34. The highest BCUT2D eigenvalue weighted by atomic mass is 19.4. The van der Waals surface area contributed by atoms with E-state index in [9.17, 15) is 13.2 Å². The average Bonchev–Trinajstić information content (AvgIpc) is 2.34. The number of hydrogen-bond donors (Lipinski definition) is 1. The number of rotatable bonds is 6. The Balaban J connectivity index is 2.82. The molecule has 0 heterocycles. The van der Waals surface area contributed by atoms with Gasteiger partial charge in [-0.05, 0) is 18.4 Å². The second kappa shape index (κ2) is 6.78. The summed E-state index contributed by atoms with van der Waals surface area (Å²) in [5.41, 5.74) is 0.696. The van der Waals surface area contributed by atoms with Gasteiger partial charge in [-0.25, -0.2) is 0 Å². The molecule has 18 heavy (non-hydrogen) atoms. The third-order valence-corrected chi connectivity index (χ3v) is 3.06. The molecule has 0 aliphatic carbocycles. The molecule has 1 rings (SSSR count). The molecule has 0 aliphatic heterocycles. The summed E-state index contributed by atoms with van der Waals surface area (Å²) in [6.07, 6.45) is -3.32. The van der Waals surface area contributed by atoms with Gasteiger partial charge >= 0.3 is 6.18 Å². The van der Waals surface area contributed by atoms with Crippen LogP contribution in [0.15, 0.2) is 30.3 Å². The number of hydrogen-bond acceptors (Lipinski definition) is 1. The van der Waals surface area contributed by atoms with Gasteiger partial charge in [0.25, 0.3) is 0 Å². The first-order chi connectivity index (χ1) is 8.46. The lowest BCUT2D eigenvalue weighted by Gasteiger charge is -2.25. The first-order valence-corrected chi connectivity index (χ1v) is 6.34. The smallest absolute Gasteiger partial charge is 0.307 e. The third kappa shape index (κ3) is 5.08. The molecule has 0 radical (unpaired) electrons. The van der Waals surface area contributed by atoms with Crippen LogP contribution in [0, 0.1) is 0 Å². The van der Waals surface area contributed by atoms with Gasteiger partial charge in [0.05, 0.1) is 6.42 Å². The van der Waals surface area contributed by atoms with Crippen LogP contribution in [0.25, 0.3) is 0 Å². The molecule has 4 heteroatoms. The molecule has 1 aromatic carbocycles. The minimum atomic E-state index is -4.15. The number of nitrogens with one attached hydrogen (secondary N) is 1. The van der Waals surface area contributed by atoms with Crippen LogP contribution in [0.2, 0.25) is 0 Å². The molecule has 1 aromatic rings. The van der Waals surface area contributed by atoms with Gasteiger partial charge < -0.3 is 5.32 Å². The van der Waals surface area contributed by atoms with E-state index in [1.54, 1.807) is 24.3 Å². The summed E-state index contributed by atoms with van der Waals surface area (Å²) in [6.45, 7) is 3.97. The minimum Gasteiger partial charge on any atom is -0.307 e. The van der Waals surface area contributed by atoms with Crippen molar-refractivity contribution in [1.29, 1.82) is 0 Å². The van der Waals surface area contributed by atoms with Gasteiger partial charge in [0.15, 0.2) is 0 Å². The minimum absolute atomic E-state index is 0.123. The van der Waals surface area contributed by atoms with E-state index in [0.717, 1.165) is 12.8 Å². The van der Waals surface area contributed by atoms with Crippen molar-refractivity contribution in [1.82, 2.24) is 5.32 Å². The molecule has 0 amide bonds. The molecule has 0 aliphatic rings. The summed E-state index contributed by atoms with van der Waals surface area (Å²) >= 11 is 0. The molecule has 0 spiro atoms. The molecule has 0 bridgehead atoms. The molecular formula is C14H20F3N. The zero-order valence-corrected chi connectivity index (χ0v) is 10.8. The molecule has 1 nitrogen and oxygen atoms in total. The molecule has 1 atom stereocenters. The van der Waals surface area contributed by atoms with E-state index in [1.807, 2.05) is 19.9 Å². The summed E-state index contributed by atoms with van der Waals surface area (Å²) < 4.78 is 37.8. The Hall–Kier alpha value is -1.03. The van der Waals surface area contributed by atoms with E-state index < -0.39 is 18.6 Å². The van der Waals surface area contributed by atoms with E-state index in [0.29, 0.717) is 5.56 Å². The molecule has 1 unspecified atom stereocenters. The maximum Gasteiger partial charge on any atom is 0.390 e. The van der Waals surface area contributed by atoms with Crippen LogP contribution in [-0.4, -0.2) is 12.2 Å². The van der Waals surface area contributed by atoms with Crippen molar-refractivity contribution >= 4 is 0 Å². The maximum atomic E-state index is 12.6. The van der Waals surface area contributed by atoms with Crippen LogP contribution in [-0.2, 0) is 0 Å². The van der Waals surface area contributed by atoms with Crippen LogP contribution < -0.4 is 5.32 Å². The summed E-state index contributed by atoms with van der Waals surface area (Å²) in [5.74, 6) is 0. The van der Waals surface area contributed by atoms with E-state index in [4.69, 9.17) is 0 Å².